The first-order chi connectivity index (χ1) is 5.27. The lowest BCUT2D eigenvalue weighted by Crippen LogP contribution is -2.30. The van der Waals surface area contributed by atoms with Gasteiger partial charge in [-0.25, -0.2) is 0 Å². The number of carbonyl (C=O) groups excluding carboxylic acids is 1. The van der Waals surface area contributed by atoms with E-state index in [-0.39, 0.29) is 5.91 Å². The summed E-state index contributed by atoms with van der Waals surface area (Å²) >= 11 is 0. The lowest BCUT2D eigenvalue weighted by molar-refractivity contribution is -0.120. The molecule has 2 heteroatoms. The highest BCUT2D eigenvalue weighted by Gasteiger charge is 2.12. The van der Waals surface area contributed by atoms with Crippen LogP contribution in [0.2, 0.25) is 0 Å². The number of hydrogen-bond donors (Lipinski definition) is 1. The molecule has 58 valence electrons. The van der Waals surface area contributed by atoms with E-state index in [0.29, 0.717) is 13.0 Å². The van der Waals surface area contributed by atoms with Gasteiger partial charge >= 0.3 is 0 Å². The molecule has 0 saturated carbocycles. The van der Waals surface area contributed by atoms with Gasteiger partial charge in [-0.3, -0.25) is 4.79 Å². The van der Waals surface area contributed by atoms with E-state index in [0.717, 1.165) is 11.1 Å². The third-order valence-electron chi connectivity index (χ3n) is 1.73. The van der Waals surface area contributed by atoms with Gasteiger partial charge < -0.3 is 5.32 Å². The minimum atomic E-state index is 0.0606. The van der Waals surface area contributed by atoms with Gasteiger partial charge in [0.2, 0.25) is 5.91 Å². The first-order valence-corrected chi connectivity index (χ1v) is 3.51. The Morgan fingerprint density at radius 1 is 1.27 bits per heavy atom. The lowest BCUT2D eigenvalue weighted by Gasteiger charge is -2.15. The SMILES string of the molecule is C=CC1=C(C=C)CC(=O)NC1. The Kier molecular flexibility index (Phi) is 2.26. The molecule has 0 atom stereocenters. The summed E-state index contributed by atoms with van der Waals surface area (Å²) in [5, 5.41) is 2.73. The van der Waals surface area contributed by atoms with Gasteiger partial charge in [0.1, 0.15) is 0 Å². The van der Waals surface area contributed by atoms with Crippen LogP contribution in [0.4, 0.5) is 0 Å². The highest BCUT2D eigenvalue weighted by molar-refractivity contribution is 5.81. The summed E-state index contributed by atoms with van der Waals surface area (Å²) in [6, 6.07) is 0. The lowest BCUT2D eigenvalue weighted by atomic mass is 10.0. The molecule has 1 rings (SSSR count). The second-order valence-corrected chi connectivity index (χ2v) is 2.41. The second-order valence-electron chi connectivity index (χ2n) is 2.41. The van der Waals surface area contributed by atoms with Crippen LogP contribution < -0.4 is 5.32 Å². The molecule has 1 aliphatic rings. The third-order valence-corrected chi connectivity index (χ3v) is 1.73. The van der Waals surface area contributed by atoms with E-state index >= 15 is 0 Å². The van der Waals surface area contributed by atoms with Gasteiger partial charge in [-0.15, -0.1) is 0 Å². The fourth-order valence-electron chi connectivity index (χ4n) is 1.06. The summed E-state index contributed by atoms with van der Waals surface area (Å²) in [5.74, 6) is 0.0606. The maximum Gasteiger partial charge on any atom is 0.224 e. The zero-order valence-corrected chi connectivity index (χ0v) is 6.39. The first kappa shape index (κ1) is 7.79. The van der Waals surface area contributed by atoms with Crippen LogP contribution in [0, 0.1) is 0 Å². The van der Waals surface area contributed by atoms with Crippen molar-refractivity contribution in [1.29, 1.82) is 0 Å². The Bertz CT molecular complexity index is 238. The van der Waals surface area contributed by atoms with Crippen molar-refractivity contribution in [3.05, 3.63) is 36.5 Å². The van der Waals surface area contributed by atoms with E-state index in [1.807, 2.05) is 0 Å². The molecule has 0 bridgehead atoms. The van der Waals surface area contributed by atoms with Crippen LogP contribution in [0.15, 0.2) is 36.5 Å². The maximum atomic E-state index is 10.9. The normalized spacial score (nSPS) is 17.6. The number of nitrogens with one attached hydrogen (secondary N) is 1. The van der Waals surface area contributed by atoms with Gasteiger partial charge in [0, 0.05) is 6.54 Å². The topological polar surface area (TPSA) is 29.1 Å². The predicted molar refractivity (Wildman–Crippen MR) is 45.0 cm³/mol. The zero-order chi connectivity index (χ0) is 8.27. The maximum absolute atomic E-state index is 10.9. The molecule has 0 fully saturated rings. The van der Waals surface area contributed by atoms with Crippen molar-refractivity contribution in [2.45, 2.75) is 6.42 Å². The minimum absolute atomic E-state index is 0.0606. The van der Waals surface area contributed by atoms with Crippen molar-refractivity contribution in [2.24, 2.45) is 0 Å². The molecule has 0 unspecified atom stereocenters. The molecule has 0 aliphatic carbocycles. The minimum Gasteiger partial charge on any atom is -0.352 e. The summed E-state index contributed by atoms with van der Waals surface area (Å²) in [7, 11) is 0. The van der Waals surface area contributed by atoms with Gasteiger partial charge in [-0.1, -0.05) is 25.3 Å². The van der Waals surface area contributed by atoms with Crippen LogP contribution in [-0.4, -0.2) is 12.5 Å². The van der Waals surface area contributed by atoms with Gasteiger partial charge in [0.05, 0.1) is 6.42 Å². The molecular weight excluding hydrogens is 138 g/mol. The first-order valence-electron chi connectivity index (χ1n) is 3.51. The Hall–Kier alpha value is -1.31. The molecule has 1 heterocycles. The molecule has 0 saturated heterocycles. The van der Waals surface area contributed by atoms with Crippen LogP contribution in [0.1, 0.15) is 6.42 Å². The van der Waals surface area contributed by atoms with Crippen molar-refractivity contribution in [2.75, 3.05) is 6.54 Å². The van der Waals surface area contributed by atoms with Crippen molar-refractivity contribution >= 4 is 5.91 Å². The summed E-state index contributed by atoms with van der Waals surface area (Å²) in [5.41, 5.74) is 2.06. The molecular formula is C9H11NO. The van der Waals surface area contributed by atoms with E-state index in [9.17, 15) is 4.79 Å². The van der Waals surface area contributed by atoms with Gasteiger partial charge in [-0.2, -0.15) is 0 Å². The number of amides is 1. The van der Waals surface area contributed by atoms with Crippen molar-refractivity contribution in [1.82, 2.24) is 5.32 Å². The van der Waals surface area contributed by atoms with Crippen LogP contribution in [-0.2, 0) is 4.79 Å². The molecule has 1 aliphatic heterocycles. The molecule has 0 aromatic carbocycles. The number of hydrogen-bond acceptors (Lipinski definition) is 1. The quantitative estimate of drug-likeness (QED) is 0.627. The molecule has 0 spiro atoms. The smallest absolute Gasteiger partial charge is 0.224 e. The van der Waals surface area contributed by atoms with E-state index in [1.54, 1.807) is 12.2 Å². The number of rotatable bonds is 2. The summed E-state index contributed by atoms with van der Waals surface area (Å²) in [4.78, 5) is 10.9. The van der Waals surface area contributed by atoms with E-state index in [4.69, 9.17) is 0 Å². The van der Waals surface area contributed by atoms with E-state index < -0.39 is 0 Å². The fraction of sp³-hybridized carbons (Fsp3) is 0.222. The third kappa shape index (κ3) is 1.58. The molecule has 1 amide bonds. The summed E-state index contributed by atoms with van der Waals surface area (Å²) in [6.45, 7) is 7.87. The van der Waals surface area contributed by atoms with Crippen LogP contribution in [0.5, 0.6) is 0 Å². The summed E-state index contributed by atoms with van der Waals surface area (Å²) < 4.78 is 0. The number of allylic oxidation sites excluding steroid dienone is 1. The van der Waals surface area contributed by atoms with Gasteiger partial charge in [0.25, 0.3) is 0 Å². The zero-order valence-electron chi connectivity index (χ0n) is 6.39. The standard InChI is InChI=1S/C9H11NO/c1-3-7-5-9(11)10-6-8(7)4-2/h3-4H,1-2,5-6H2,(H,10,11). The van der Waals surface area contributed by atoms with Crippen molar-refractivity contribution in [3.63, 3.8) is 0 Å². The average molecular weight is 149 g/mol. The average Bonchev–Trinajstić information content (AvgIpc) is 2.04. The monoisotopic (exact) mass is 149 g/mol. The molecule has 11 heavy (non-hydrogen) atoms. The fourth-order valence-corrected chi connectivity index (χ4v) is 1.06. The number of carbonyl (C=O) groups is 1. The molecule has 0 aromatic rings. The Labute approximate surface area is 66.3 Å². The van der Waals surface area contributed by atoms with E-state index in [2.05, 4.69) is 18.5 Å². The highest BCUT2D eigenvalue weighted by atomic mass is 16.1. The Morgan fingerprint density at radius 3 is 2.45 bits per heavy atom. The van der Waals surface area contributed by atoms with Crippen molar-refractivity contribution in [3.8, 4) is 0 Å². The van der Waals surface area contributed by atoms with Crippen LogP contribution in [0.25, 0.3) is 0 Å². The Morgan fingerprint density at radius 2 is 1.91 bits per heavy atom. The molecule has 2 nitrogen and oxygen atoms in total. The van der Waals surface area contributed by atoms with Crippen LogP contribution >= 0.6 is 0 Å². The van der Waals surface area contributed by atoms with Gasteiger partial charge in [-0.05, 0) is 11.1 Å². The largest absolute Gasteiger partial charge is 0.352 e. The van der Waals surface area contributed by atoms with Crippen LogP contribution in [0.3, 0.4) is 0 Å². The van der Waals surface area contributed by atoms with Crippen molar-refractivity contribution < 1.29 is 4.79 Å². The Balaban J connectivity index is 2.91. The molecule has 1 N–H and O–H groups in total. The van der Waals surface area contributed by atoms with Gasteiger partial charge in [0.15, 0.2) is 0 Å². The predicted octanol–water partition coefficient (Wildman–Crippen LogP) is 1.17. The highest BCUT2D eigenvalue weighted by Crippen LogP contribution is 2.14. The second kappa shape index (κ2) is 3.19. The molecule has 0 aromatic heterocycles. The summed E-state index contributed by atoms with van der Waals surface area (Å²) in [6.07, 6.45) is 3.91. The van der Waals surface area contributed by atoms with E-state index in [1.165, 1.54) is 0 Å². The molecule has 0 radical (unpaired) electrons.